The van der Waals surface area contributed by atoms with Crippen LogP contribution in [0.25, 0.3) is 76.8 Å². The van der Waals surface area contributed by atoms with E-state index in [4.69, 9.17) is 0 Å². The average molecular weight is 556 g/mol. The fourth-order valence-electron chi connectivity index (χ4n) is 7.22. The second-order valence-electron chi connectivity index (χ2n) is 11.6. The minimum Gasteiger partial charge on any atom is -0.392 e. The number of rotatable bonds is 4. The van der Waals surface area contributed by atoms with Crippen LogP contribution in [0.5, 0.6) is 0 Å². The number of fused-ring (bicyclic) bond motifs is 9. The van der Waals surface area contributed by atoms with Gasteiger partial charge in [-0.25, -0.2) is 0 Å². The Morgan fingerprint density at radius 1 is 0.442 bits per heavy atom. The van der Waals surface area contributed by atoms with Crippen molar-refractivity contribution in [3.63, 3.8) is 0 Å². The van der Waals surface area contributed by atoms with E-state index in [1.54, 1.807) is 0 Å². The quantitative estimate of drug-likeness (QED) is 0.231. The molecule has 0 saturated carbocycles. The van der Waals surface area contributed by atoms with Crippen molar-refractivity contribution in [1.29, 1.82) is 0 Å². The second-order valence-corrected chi connectivity index (χ2v) is 11.6. The minimum absolute atomic E-state index is 0.465. The Kier molecular flexibility index (Phi) is 5.13. The fourth-order valence-corrected chi connectivity index (χ4v) is 7.22. The lowest BCUT2D eigenvalue weighted by molar-refractivity contribution is 0.176. The molecule has 9 rings (SSSR count). The number of benzene rings is 6. The highest BCUT2D eigenvalue weighted by Gasteiger charge is 2.18. The first-order valence-corrected chi connectivity index (χ1v) is 14.9. The van der Waals surface area contributed by atoms with E-state index < -0.39 is 6.10 Å². The van der Waals surface area contributed by atoms with Crippen molar-refractivity contribution < 1.29 is 5.11 Å². The monoisotopic (exact) mass is 555 g/mol. The van der Waals surface area contributed by atoms with Crippen LogP contribution in [0.15, 0.2) is 133 Å². The molecule has 1 atom stereocenters. The topological polar surface area (TPSA) is 35.0 Å². The number of aromatic nitrogens is 3. The van der Waals surface area contributed by atoms with Crippen molar-refractivity contribution >= 4 is 65.4 Å². The van der Waals surface area contributed by atoms with Gasteiger partial charge in [-0.15, -0.1) is 0 Å². The number of aliphatic hydroxyl groups excluding tert-OH is 1. The van der Waals surface area contributed by atoms with Crippen LogP contribution in [0.4, 0.5) is 0 Å². The highest BCUT2D eigenvalue weighted by atomic mass is 16.3. The van der Waals surface area contributed by atoms with Gasteiger partial charge >= 0.3 is 0 Å². The lowest BCUT2D eigenvalue weighted by Crippen LogP contribution is -2.11. The Bertz CT molecular complexity index is 2250. The summed E-state index contributed by atoms with van der Waals surface area (Å²) >= 11 is 0. The maximum Gasteiger partial charge on any atom is 0.0691 e. The molecule has 9 aromatic rings. The first-order chi connectivity index (χ1) is 21.2. The van der Waals surface area contributed by atoms with E-state index in [0.29, 0.717) is 6.54 Å². The molecule has 206 valence electrons. The van der Waals surface area contributed by atoms with Gasteiger partial charge in [-0.1, -0.05) is 72.8 Å². The van der Waals surface area contributed by atoms with Crippen LogP contribution < -0.4 is 0 Å². The van der Waals surface area contributed by atoms with Gasteiger partial charge in [0.25, 0.3) is 0 Å². The van der Waals surface area contributed by atoms with Crippen LogP contribution in [-0.4, -0.2) is 24.9 Å². The van der Waals surface area contributed by atoms with Gasteiger partial charge in [0, 0.05) is 61.3 Å². The SMILES string of the molecule is CC(O)Cn1c2ccc(-n3c4ccccc4c4ccccc43)cc2c2cc(-n3c4ccccc4c4ccccc43)ccc21. The molecule has 0 aliphatic rings. The van der Waals surface area contributed by atoms with E-state index in [1.165, 1.54) is 54.4 Å². The van der Waals surface area contributed by atoms with Crippen LogP contribution in [0.3, 0.4) is 0 Å². The summed E-state index contributed by atoms with van der Waals surface area (Å²) in [5.41, 5.74) is 9.29. The molecule has 43 heavy (non-hydrogen) atoms. The average Bonchev–Trinajstić information content (AvgIpc) is 3.66. The van der Waals surface area contributed by atoms with Gasteiger partial charge in [-0.05, 0) is 67.6 Å². The van der Waals surface area contributed by atoms with Crippen molar-refractivity contribution in [3.05, 3.63) is 133 Å². The maximum absolute atomic E-state index is 10.5. The Morgan fingerprint density at radius 3 is 1.14 bits per heavy atom. The molecule has 0 bridgehead atoms. The summed E-state index contributed by atoms with van der Waals surface area (Å²) in [7, 11) is 0. The predicted molar refractivity (Wildman–Crippen MR) is 180 cm³/mol. The van der Waals surface area contributed by atoms with Crippen molar-refractivity contribution in [2.75, 3.05) is 0 Å². The first-order valence-electron chi connectivity index (χ1n) is 14.9. The Balaban J connectivity index is 1.35. The van der Waals surface area contributed by atoms with Gasteiger partial charge in [-0.2, -0.15) is 0 Å². The lowest BCUT2D eigenvalue weighted by Gasteiger charge is -2.11. The molecule has 0 saturated heterocycles. The zero-order valence-electron chi connectivity index (χ0n) is 23.8. The van der Waals surface area contributed by atoms with Gasteiger partial charge in [0.15, 0.2) is 0 Å². The third kappa shape index (κ3) is 3.47. The summed E-state index contributed by atoms with van der Waals surface area (Å²) in [5.74, 6) is 0. The molecular weight excluding hydrogens is 526 g/mol. The van der Waals surface area contributed by atoms with E-state index in [9.17, 15) is 5.11 Å². The van der Waals surface area contributed by atoms with E-state index >= 15 is 0 Å². The summed E-state index contributed by atoms with van der Waals surface area (Å²) in [6.07, 6.45) is -0.465. The standard InChI is InChI=1S/C39H29N3O/c1-25(43)24-40-34-20-18-26(41-36-14-6-2-10-28(36)29-11-3-7-15-37(29)41)22-32(34)33-23-27(19-21-35(33)40)42-38-16-8-4-12-30(38)31-13-5-9-17-39(31)42/h2-23,25,43H,24H2,1H3. The molecule has 1 unspecified atom stereocenters. The van der Waals surface area contributed by atoms with Gasteiger partial charge < -0.3 is 18.8 Å². The molecule has 6 aromatic carbocycles. The smallest absolute Gasteiger partial charge is 0.0691 e. The summed E-state index contributed by atoms with van der Waals surface area (Å²) in [5, 5.41) is 17.9. The first kappa shape index (κ1) is 24.3. The van der Waals surface area contributed by atoms with Crippen LogP contribution >= 0.6 is 0 Å². The zero-order valence-corrected chi connectivity index (χ0v) is 23.8. The molecule has 0 fully saturated rings. The fraction of sp³-hybridized carbons (Fsp3) is 0.0769. The number of aliphatic hydroxyl groups is 1. The van der Waals surface area contributed by atoms with Gasteiger partial charge in [-0.3, -0.25) is 0 Å². The lowest BCUT2D eigenvalue weighted by atomic mass is 10.1. The van der Waals surface area contributed by atoms with Crippen LogP contribution in [0, 0.1) is 0 Å². The van der Waals surface area contributed by atoms with Gasteiger partial charge in [0.1, 0.15) is 0 Å². The van der Waals surface area contributed by atoms with Gasteiger partial charge in [0.05, 0.1) is 28.2 Å². The molecule has 0 spiro atoms. The third-order valence-corrected chi connectivity index (χ3v) is 8.96. The zero-order chi connectivity index (χ0) is 28.7. The Morgan fingerprint density at radius 2 is 0.791 bits per heavy atom. The molecule has 3 heterocycles. The number of para-hydroxylation sites is 4. The van der Waals surface area contributed by atoms with E-state index in [2.05, 4.69) is 147 Å². The summed E-state index contributed by atoms with van der Waals surface area (Å²) < 4.78 is 7.01. The molecule has 1 N–H and O–H groups in total. The molecule has 0 aliphatic carbocycles. The van der Waals surface area contributed by atoms with Crippen molar-refractivity contribution in [2.24, 2.45) is 0 Å². The molecule has 0 amide bonds. The Labute approximate surface area is 248 Å². The molecule has 4 heteroatoms. The normalized spacial score (nSPS) is 12.9. The summed E-state index contributed by atoms with van der Waals surface area (Å²) in [6, 6.07) is 48.1. The molecule has 0 radical (unpaired) electrons. The minimum atomic E-state index is -0.465. The predicted octanol–water partition coefficient (Wildman–Crippen LogP) is 9.37. The molecule has 4 nitrogen and oxygen atoms in total. The summed E-state index contributed by atoms with van der Waals surface area (Å²) in [6.45, 7) is 2.39. The third-order valence-electron chi connectivity index (χ3n) is 8.96. The number of hydrogen-bond acceptors (Lipinski definition) is 1. The van der Waals surface area contributed by atoms with E-state index in [-0.39, 0.29) is 0 Å². The number of hydrogen-bond donors (Lipinski definition) is 1. The maximum atomic E-state index is 10.5. The molecule has 3 aromatic heterocycles. The van der Waals surface area contributed by atoms with Crippen LogP contribution in [-0.2, 0) is 6.54 Å². The van der Waals surface area contributed by atoms with Crippen molar-refractivity contribution in [1.82, 2.24) is 13.7 Å². The second kappa shape index (κ2) is 9.09. The van der Waals surface area contributed by atoms with Crippen molar-refractivity contribution in [3.8, 4) is 11.4 Å². The highest BCUT2D eigenvalue weighted by Crippen LogP contribution is 2.38. The molecular formula is C39H29N3O. The highest BCUT2D eigenvalue weighted by molar-refractivity contribution is 6.13. The van der Waals surface area contributed by atoms with Crippen LogP contribution in [0.2, 0.25) is 0 Å². The van der Waals surface area contributed by atoms with E-state index in [1.807, 2.05) is 6.92 Å². The summed E-state index contributed by atoms with van der Waals surface area (Å²) in [4.78, 5) is 0. The molecule has 0 aliphatic heterocycles. The van der Waals surface area contributed by atoms with Gasteiger partial charge in [0.2, 0.25) is 0 Å². The van der Waals surface area contributed by atoms with Crippen molar-refractivity contribution in [2.45, 2.75) is 19.6 Å². The number of nitrogens with zero attached hydrogens (tertiary/aromatic N) is 3. The Hall–Kier alpha value is -5.32. The largest absolute Gasteiger partial charge is 0.392 e. The van der Waals surface area contributed by atoms with Crippen LogP contribution in [0.1, 0.15) is 6.92 Å². The van der Waals surface area contributed by atoms with E-state index in [0.717, 1.165) is 22.4 Å².